The van der Waals surface area contributed by atoms with Crippen LogP contribution in [0.4, 0.5) is 0 Å². The number of hydrogen-bond acceptors (Lipinski definition) is 1. The molecule has 2 nitrogen and oxygen atoms in total. The third kappa shape index (κ3) is 7.32. The molecule has 1 aromatic carbocycles. The quantitative estimate of drug-likeness (QED) is 0.769. The van der Waals surface area contributed by atoms with Crippen LogP contribution in [0.15, 0.2) is 30.5 Å². The zero-order valence-corrected chi connectivity index (χ0v) is 16.8. The molecule has 0 spiro atoms. The van der Waals surface area contributed by atoms with Crippen LogP contribution in [-0.4, -0.2) is 9.97 Å². The molecule has 0 aliphatic heterocycles. The smallest absolute Gasteiger partial charge is 0.103 e. The van der Waals surface area contributed by atoms with E-state index < -0.39 is 0 Å². The Bertz CT molecular complexity index is 644. The van der Waals surface area contributed by atoms with Gasteiger partial charge in [-0.15, -0.1) is 0 Å². The van der Waals surface area contributed by atoms with Crippen molar-refractivity contribution in [3.05, 3.63) is 52.4 Å². The first-order valence-electron chi connectivity index (χ1n) is 8.85. The normalized spacial score (nSPS) is 10.0. The van der Waals surface area contributed by atoms with Crippen LogP contribution in [0.25, 0.3) is 11.1 Å². The standard InChI is InChI=1S/C15H18N2.3C2H6/c1-10(2)13-7-5-6-8-14(13)11(3)15-9-16-12(4)17-15;3*1-2/h5-9H,1-4H3,(H,16,17);3*1-2H3/b14-11+;;;. The molecule has 0 amide bonds. The predicted molar refractivity (Wildman–Crippen MR) is 106 cm³/mol. The lowest BCUT2D eigenvalue weighted by molar-refractivity contribution is 1.14. The van der Waals surface area contributed by atoms with Crippen molar-refractivity contribution in [2.45, 2.75) is 69.2 Å². The number of benzene rings is 1. The summed E-state index contributed by atoms with van der Waals surface area (Å²) in [7, 11) is 0. The van der Waals surface area contributed by atoms with Crippen LogP contribution in [0.5, 0.6) is 0 Å². The Morgan fingerprint density at radius 1 is 0.826 bits per heavy atom. The van der Waals surface area contributed by atoms with Crippen molar-refractivity contribution in [2.24, 2.45) is 0 Å². The number of aromatic nitrogens is 2. The highest BCUT2D eigenvalue weighted by atomic mass is 14.9. The van der Waals surface area contributed by atoms with E-state index in [9.17, 15) is 0 Å². The molecule has 0 saturated carbocycles. The minimum Gasteiger partial charge on any atom is -0.343 e. The Balaban J connectivity index is 0. The van der Waals surface area contributed by atoms with Crippen molar-refractivity contribution in [1.82, 2.24) is 9.97 Å². The third-order valence-electron chi connectivity index (χ3n) is 2.98. The number of rotatable bonds is 1. The number of nitrogens with one attached hydrogen (secondary N) is 1. The molecule has 0 atom stereocenters. The molecule has 0 bridgehead atoms. The van der Waals surface area contributed by atoms with E-state index in [0.717, 1.165) is 11.5 Å². The maximum absolute atomic E-state index is 4.25. The molecule has 0 aliphatic carbocycles. The van der Waals surface area contributed by atoms with Gasteiger partial charge in [-0.05, 0) is 43.7 Å². The Morgan fingerprint density at radius 2 is 1.30 bits per heavy atom. The minimum absolute atomic E-state index is 0.953. The molecular weight excluding hydrogens is 280 g/mol. The van der Waals surface area contributed by atoms with Crippen molar-refractivity contribution in [3.8, 4) is 0 Å². The van der Waals surface area contributed by atoms with Gasteiger partial charge < -0.3 is 4.98 Å². The van der Waals surface area contributed by atoms with Gasteiger partial charge in [0.1, 0.15) is 5.82 Å². The molecule has 1 aromatic heterocycles. The predicted octanol–water partition coefficient (Wildman–Crippen LogP) is 5.21. The molecule has 1 heterocycles. The fraction of sp³-hybridized carbons (Fsp3) is 0.476. The number of aryl methyl sites for hydroxylation is 1. The lowest BCUT2D eigenvalue weighted by Gasteiger charge is -2.00. The highest BCUT2D eigenvalue weighted by Crippen LogP contribution is 2.06. The summed E-state index contributed by atoms with van der Waals surface area (Å²) in [5.41, 5.74) is 3.66. The Labute approximate surface area is 143 Å². The van der Waals surface area contributed by atoms with Gasteiger partial charge in [-0.3, -0.25) is 0 Å². The van der Waals surface area contributed by atoms with Gasteiger partial charge in [0.15, 0.2) is 0 Å². The molecule has 0 unspecified atom stereocenters. The van der Waals surface area contributed by atoms with E-state index >= 15 is 0 Å². The van der Waals surface area contributed by atoms with E-state index in [1.165, 1.54) is 21.6 Å². The maximum atomic E-state index is 4.25. The second kappa shape index (κ2) is 13.8. The van der Waals surface area contributed by atoms with Crippen LogP contribution < -0.4 is 10.4 Å². The van der Waals surface area contributed by atoms with E-state index in [4.69, 9.17) is 0 Å². The van der Waals surface area contributed by atoms with Crippen molar-refractivity contribution >= 4 is 11.1 Å². The number of nitrogens with zero attached hydrogens (tertiary/aromatic N) is 1. The van der Waals surface area contributed by atoms with Crippen molar-refractivity contribution in [2.75, 3.05) is 0 Å². The molecule has 0 saturated heterocycles. The fourth-order valence-corrected chi connectivity index (χ4v) is 2.00. The van der Waals surface area contributed by atoms with Crippen LogP contribution in [-0.2, 0) is 0 Å². The van der Waals surface area contributed by atoms with Gasteiger partial charge in [0.2, 0.25) is 0 Å². The molecule has 2 aromatic rings. The number of aromatic amines is 1. The summed E-state index contributed by atoms with van der Waals surface area (Å²) in [5.74, 6) is 0.953. The first-order chi connectivity index (χ1) is 11.1. The van der Waals surface area contributed by atoms with E-state index in [0.29, 0.717) is 0 Å². The van der Waals surface area contributed by atoms with Gasteiger partial charge in [-0.25, -0.2) is 4.98 Å². The van der Waals surface area contributed by atoms with E-state index in [1.807, 2.05) is 54.7 Å². The molecule has 0 fully saturated rings. The summed E-state index contributed by atoms with van der Waals surface area (Å²) in [4.78, 5) is 7.54. The van der Waals surface area contributed by atoms with E-state index in [-0.39, 0.29) is 0 Å². The van der Waals surface area contributed by atoms with Gasteiger partial charge in [0.05, 0.1) is 11.9 Å². The maximum Gasteiger partial charge on any atom is 0.103 e. The largest absolute Gasteiger partial charge is 0.343 e. The number of imidazole rings is 1. The average molecular weight is 317 g/mol. The lowest BCUT2D eigenvalue weighted by atomic mass is 10.1. The lowest BCUT2D eigenvalue weighted by Crippen LogP contribution is -2.27. The van der Waals surface area contributed by atoms with E-state index in [2.05, 4.69) is 55.0 Å². The number of H-pyrrole nitrogens is 1. The topological polar surface area (TPSA) is 28.7 Å². The second-order valence-corrected chi connectivity index (χ2v) is 4.55. The Hall–Kier alpha value is -1.83. The summed E-state index contributed by atoms with van der Waals surface area (Å²) < 4.78 is 0. The molecule has 0 aliphatic rings. The number of hydrogen-bond donors (Lipinski definition) is 1. The first-order valence-corrected chi connectivity index (χ1v) is 8.85. The molecule has 2 rings (SSSR count). The van der Waals surface area contributed by atoms with Gasteiger partial charge in [0, 0.05) is 0 Å². The van der Waals surface area contributed by atoms with Crippen LogP contribution in [0, 0.1) is 6.92 Å². The van der Waals surface area contributed by atoms with Crippen molar-refractivity contribution in [3.63, 3.8) is 0 Å². The van der Waals surface area contributed by atoms with Crippen molar-refractivity contribution < 1.29 is 0 Å². The molecule has 23 heavy (non-hydrogen) atoms. The summed E-state index contributed by atoms with van der Waals surface area (Å²) >= 11 is 0. The summed E-state index contributed by atoms with van der Waals surface area (Å²) in [6.07, 6.45) is 1.90. The highest BCUT2D eigenvalue weighted by Gasteiger charge is 2.01. The molecule has 0 radical (unpaired) electrons. The van der Waals surface area contributed by atoms with Gasteiger partial charge in [0.25, 0.3) is 0 Å². The summed E-state index contributed by atoms with van der Waals surface area (Å²) in [6.45, 7) is 20.4. The van der Waals surface area contributed by atoms with Gasteiger partial charge >= 0.3 is 0 Å². The minimum atomic E-state index is 0.953. The summed E-state index contributed by atoms with van der Waals surface area (Å²) in [5, 5.41) is 2.58. The van der Waals surface area contributed by atoms with Crippen molar-refractivity contribution in [1.29, 1.82) is 0 Å². The zero-order chi connectivity index (χ0) is 18.4. The van der Waals surface area contributed by atoms with Gasteiger partial charge in [-0.2, -0.15) is 0 Å². The Morgan fingerprint density at radius 3 is 1.70 bits per heavy atom. The first kappa shape index (κ1) is 23.4. The molecule has 130 valence electrons. The summed E-state index contributed by atoms with van der Waals surface area (Å²) in [6, 6.07) is 8.48. The molecule has 2 heteroatoms. The molecule has 1 N–H and O–H groups in total. The van der Waals surface area contributed by atoms with Crippen LogP contribution in [0.1, 0.15) is 73.8 Å². The fourth-order valence-electron chi connectivity index (χ4n) is 2.00. The third-order valence-corrected chi connectivity index (χ3v) is 2.98. The zero-order valence-electron chi connectivity index (χ0n) is 16.8. The van der Waals surface area contributed by atoms with Gasteiger partial charge in [-0.1, -0.05) is 71.4 Å². The Kier molecular flexibility index (Phi) is 14.1. The van der Waals surface area contributed by atoms with E-state index in [1.54, 1.807) is 0 Å². The molecular formula is C21H36N2. The van der Waals surface area contributed by atoms with Crippen LogP contribution in [0.2, 0.25) is 0 Å². The highest BCUT2D eigenvalue weighted by molar-refractivity contribution is 5.61. The van der Waals surface area contributed by atoms with Crippen LogP contribution >= 0.6 is 0 Å². The second-order valence-electron chi connectivity index (χ2n) is 4.55. The average Bonchev–Trinajstić information content (AvgIpc) is 3.06. The SMILES string of the molecule is CC.CC.CC.CC(C)=c1cccc/c1=C(/C)c1cnc(C)[nH]1. The van der Waals surface area contributed by atoms with Crippen LogP contribution in [0.3, 0.4) is 0 Å². The monoisotopic (exact) mass is 316 g/mol.